The standard InChI is InChI=1S/C15H18N4O4S/c1-23-7-6-16-12(20)5-3-11-9-24-15(18-11)19-14(22)10-2-4-13(21)17-8-10/h2,4,8-9H,3,5-7H2,1H3,(H,16,20)(H,17,21)(H,18,19,22). The van der Waals surface area contributed by atoms with Gasteiger partial charge in [-0.2, -0.15) is 0 Å². The maximum Gasteiger partial charge on any atom is 0.258 e. The number of thiazole rings is 1. The predicted octanol–water partition coefficient (Wildman–Crippen LogP) is 0.779. The molecule has 128 valence electrons. The molecule has 9 heteroatoms. The highest BCUT2D eigenvalue weighted by Crippen LogP contribution is 2.17. The highest BCUT2D eigenvalue weighted by atomic mass is 32.1. The van der Waals surface area contributed by atoms with Gasteiger partial charge in [-0.1, -0.05) is 0 Å². The average molecular weight is 350 g/mol. The number of nitrogens with zero attached hydrogens (tertiary/aromatic N) is 1. The number of ether oxygens (including phenoxy) is 1. The molecule has 0 saturated heterocycles. The van der Waals surface area contributed by atoms with E-state index in [0.717, 1.165) is 5.69 Å². The van der Waals surface area contributed by atoms with Crippen molar-refractivity contribution in [2.24, 2.45) is 0 Å². The number of aromatic amines is 1. The van der Waals surface area contributed by atoms with Gasteiger partial charge >= 0.3 is 0 Å². The van der Waals surface area contributed by atoms with E-state index in [-0.39, 0.29) is 17.4 Å². The van der Waals surface area contributed by atoms with Crippen molar-refractivity contribution in [2.75, 3.05) is 25.6 Å². The lowest BCUT2D eigenvalue weighted by atomic mass is 10.2. The first-order valence-electron chi connectivity index (χ1n) is 7.28. The number of carbonyl (C=O) groups is 2. The molecule has 0 aliphatic rings. The van der Waals surface area contributed by atoms with Gasteiger partial charge in [0.1, 0.15) is 0 Å². The number of rotatable bonds is 8. The third kappa shape index (κ3) is 5.60. The van der Waals surface area contributed by atoms with E-state index in [0.29, 0.717) is 36.7 Å². The van der Waals surface area contributed by atoms with Gasteiger partial charge in [-0.3, -0.25) is 19.7 Å². The molecule has 24 heavy (non-hydrogen) atoms. The maximum absolute atomic E-state index is 12.0. The Morgan fingerprint density at radius 1 is 1.38 bits per heavy atom. The Hall–Kier alpha value is -2.52. The van der Waals surface area contributed by atoms with Crippen LogP contribution in [-0.2, 0) is 16.0 Å². The molecule has 0 aliphatic heterocycles. The van der Waals surface area contributed by atoms with Crippen LogP contribution in [0.25, 0.3) is 0 Å². The van der Waals surface area contributed by atoms with E-state index >= 15 is 0 Å². The topological polar surface area (TPSA) is 113 Å². The summed E-state index contributed by atoms with van der Waals surface area (Å²) in [5, 5.41) is 7.63. The summed E-state index contributed by atoms with van der Waals surface area (Å²) in [6.45, 7) is 0.955. The summed E-state index contributed by atoms with van der Waals surface area (Å²) in [5.41, 5.74) is 0.800. The number of methoxy groups -OCH3 is 1. The number of nitrogens with one attached hydrogen (secondary N) is 3. The second-order valence-electron chi connectivity index (χ2n) is 4.88. The summed E-state index contributed by atoms with van der Waals surface area (Å²) in [7, 11) is 1.57. The van der Waals surface area contributed by atoms with Crippen molar-refractivity contribution in [2.45, 2.75) is 12.8 Å². The molecular formula is C15H18N4O4S. The minimum atomic E-state index is -0.357. The quantitative estimate of drug-likeness (QED) is 0.609. The molecule has 0 spiro atoms. The minimum Gasteiger partial charge on any atom is -0.383 e. The van der Waals surface area contributed by atoms with Crippen LogP contribution in [0, 0.1) is 0 Å². The maximum atomic E-state index is 12.0. The molecule has 2 aromatic rings. The predicted molar refractivity (Wildman–Crippen MR) is 90.3 cm³/mol. The second kappa shape index (κ2) is 8.94. The van der Waals surface area contributed by atoms with E-state index in [1.807, 2.05) is 0 Å². The number of aromatic nitrogens is 2. The van der Waals surface area contributed by atoms with Crippen LogP contribution in [0.3, 0.4) is 0 Å². The molecule has 2 aromatic heterocycles. The van der Waals surface area contributed by atoms with Gasteiger partial charge in [0.15, 0.2) is 5.13 Å². The smallest absolute Gasteiger partial charge is 0.258 e. The van der Waals surface area contributed by atoms with Crippen LogP contribution >= 0.6 is 11.3 Å². The van der Waals surface area contributed by atoms with Crippen molar-refractivity contribution < 1.29 is 14.3 Å². The van der Waals surface area contributed by atoms with Gasteiger partial charge < -0.3 is 15.0 Å². The monoisotopic (exact) mass is 350 g/mol. The number of pyridine rings is 1. The van der Waals surface area contributed by atoms with Gasteiger partial charge in [0.2, 0.25) is 11.5 Å². The number of H-pyrrole nitrogens is 1. The van der Waals surface area contributed by atoms with Gasteiger partial charge in [0.25, 0.3) is 5.91 Å². The fourth-order valence-electron chi connectivity index (χ4n) is 1.82. The molecule has 0 atom stereocenters. The molecule has 2 amide bonds. The third-order valence-corrected chi connectivity index (χ3v) is 3.86. The number of hydrogen-bond acceptors (Lipinski definition) is 6. The Morgan fingerprint density at radius 3 is 2.92 bits per heavy atom. The molecule has 0 saturated carbocycles. The fourth-order valence-corrected chi connectivity index (χ4v) is 2.56. The summed E-state index contributed by atoms with van der Waals surface area (Å²) in [6.07, 6.45) is 2.15. The van der Waals surface area contributed by atoms with Crippen LogP contribution in [-0.4, -0.2) is 42.0 Å². The normalized spacial score (nSPS) is 10.4. The number of anilines is 1. The Kier molecular flexibility index (Phi) is 6.64. The van der Waals surface area contributed by atoms with Gasteiger partial charge in [0.05, 0.1) is 17.9 Å². The van der Waals surface area contributed by atoms with Crippen molar-refractivity contribution in [3.05, 3.63) is 45.3 Å². The average Bonchev–Trinajstić information content (AvgIpc) is 3.01. The molecule has 0 radical (unpaired) electrons. The van der Waals surface area contributed by atoms with Crippen LogP contribution in [0.1, 0.15) is 22.5 Å². The van der Waals surface area contributed by atoms with E-state index in [4.69, 9.17) is 4.74 Å². The van der Waals surface area contributed by atoms with Gasteiger partial charge in [-0.05, 0) is 12.5 Å². The Bertz CT molecular complexity index is 735. The lowest BCUT2D eigenvalue weighted by Gasteiger charge is -2.03. The molecular weight excluding hydrogens is 332 g/mol. The van der Waals surface area contributed by atoms with Crippen LogP contribution < -0.4 is 16.2 Å². The van der Waals surface area contributed by atoms with Crippen molar-refractivity contribution in [3.8, 4) is 0 Å². The first-order valence-corrected chi connectivity index (χ1v) is 8.16. The first-order chi connectivity index (χ1) is 11.6. The summed E-state index contributed by atoms with van der Waals surface area (Å²) < 4.78 is 4.85. The van der Waals surface area contributed by atoms with Crippen LogP contribution in [0.15, 0.2) is 28.5 Å². The van der Waals surface area contributed by atoms with Crippen LogP contribution in [0.2, 0.25) is 0 Å². The van der Waals surface area contributed by atoms with Crippen molar-refractivity contribution in [1.29, 1.82) is 0 Å². The third-order valence-electron chi connectivity index (χ3n) is 3.06. The van der Waals surface area contributed by atoms with E-state index in [2.05, 4.69) is 20.6 Å². The van der Waals surface area contributed by atoms with Crippen LogP contribution in [0.5, 0.6) is 0 Å². The van der Waals surface area contributed by atoms with Crippen molar-refractivity contribution in [1.82, 2.24) is 15.3 Å². The zero-order chi connectivity index (χ0) is 17.4. The van der Waals surface area contributed by atoms with Crippen molar-refractivity contribution >= 4 is 28.3 Å². The zero-order valence-electron chi connectivity index (χ0n) is 13.1. The van der Waals surface area contributed by atoms with E-state index in [1.54, 1.807) is 12.5 Å². The molecule has 8 nitrogen and oxygen atoms in total. The van der Waals surface area contributed by atoms with Crippen molar-refractivity contribution in [3.63, 3.8) is 0 Å². The fraction of sp³-hybridized carbons (Fsp3) is 0.333. The molecule has 2 rings (SSSR count). The van der Waals surface area contributed by atoms with Gasteiger partial charge in [-0.25, -0.2) is 4.98 Å². The first kappa shape index (κ1) is 17.8. The van der Waals surface area contributed by atoms with E-state index in [1.165, 1.54) is 29.7 Å². The lowest BCUT2D eigenvalue weighted by Crippen LogP contribution is -2.27. The number of aryl methyl sites for hydroxylation is 1. The molecule has 3 N–H and O–H groups in total. The molecule has 2 heterocycles. The lowest BCUT2D eigenvalue weighted by molar-refractivity contribution is -0.121. The summed E-state index contributed by atoms with van der Waals surface area (Å²) in [5.74, 6) is -0.427. The Labute approximate surface area is 142 Å². The SMILES string of the molecule is COCCNC(=O)CCc1csc(NC(=O)c2ccc(=O)[nH]c2)n1. The Balaban J connectivity index is 1.82. The number of carbonyl (C=O) groups excluding carboxylic acids is 2. The van der Waals surface area contributed by atoms with Crippen LogP contribution in [0.4, 0.5) is 5.13 Å². The second-order valence-corrected chi connectivity index (χ2v) is 5.74. The summed E-state index contributed by atoms with van der Waals surface area (Å²) in [6, 6.07) is 2.72. The molecule has 0 aromatic carbocycles. The minimum absolute atomic E-state index is 0.0705. The highest BCUT2D eigenvalue weighted by Gasteiger charge is 2.10. The summed E-state index contributed by atoms with van der Waals surface area (Å²) >= 11 is 1.28. The van der Waals surface area contributed by atoms with Gasteiger partial charge in [-0.15, -0.1) is 11.3 Å². The number of amides is 2. The highest BCUT2D eigenvalue weighted by molar-refractivity contribution is 7.13. The molecule has 0 unspecified atom stereocenters. The largest absolute Gasteiger partial charge is 0.383 e. The van der Waals surface area contributed by atoms with E-state index < -0.39 is 0 Å². The zero-order valence-corrected chi connectivity index (χ0v) is 13.9. The molecule has 0 fully saturated rings. The summed E-state index contributed by atoms with van der Waals surface area (Å²) in [4.78, 5) is 41.3. The molecule has 0 aliphatic carbocycles. The molecule has 0 bridgehead atoms. The number of hydrogen-bond donors (Lipinski definition) is 3. The Morgan fingerprint density at radius 2 is 2.21 bits per heavy atom. The van der Waals surface area contributed by atoms with E-state index in [9.17, 15) is 14.4 Å². The van der Waals surface area contributed by atoms with Gasteiger partial charge in [0, 0.05) is 37.7 Å².